The summed E-state index contributed by atoms with van der Waals surface area (Å²) in [7, 11) is 0. The van der Waals surface area contributed by atoms with Crippen molar-refractivity contribution in [2.45, 2.75) is 51.0 Å². The molecule has 1 saturated heterocycles. The Bertz CT molecular complexity index is 899. The van der Waals surface area contributed by atoms with Gasteiger partial charge in [-0.2, -0.15) is 0 Å². The van der Waals surface area contributed by atoms with Crippen molar-refractivity contribution in [1.29, 1.82) is 0 Å². The van der Waals surface area contributed by atoms with Crippen molar-refractivity contribution in [2.24, 2.45) is 5.92 Å². The Morgan fingerprint density at radius 3 is 2.87 bits per heavy atom. The quantitative estimate of drug-likeness (QED) is 0.347. The van der Waals surface area contributed by atoms with Gasteiger partial charge < -0.3 is 20.8 Å². The zero-order valence-corrected chi connectivity index (χ0v) is 19.0. The Kier molecular flexibility index (Phi) is 7.92. The van der Waals surface area contributed by atoms with E-state index >= 15 is 0 Å². The van der Waals surface area contributed by atoms with Crippen LogP contribution in [0.25, 0.3) is 11.1 Å². The molecule has 3 rings (SSSR count). The van der Waals surface area contributed by atoms with Crippen molar-refractivity contribution in [3.05, 3.63) is 52.8 Å². The summed E-state index contributed by atoms with van der Waals surface area (Å²) in [4.78, 5) is 15.2. The number of nitrogens with one attached hydrogen (secondary N) is 2. The Balaban J connectivity index is 2.05. The molecule has 1 fully saturated rings. The Morgan fingerprint density at radius 1 is 1.39 bits per heavy atom. The number of aromatic nitrogens is 1. The molecule has 0 spiro atoms. The molecule has 4 N–H and O–H groups in total. The standard InChI is InChI=1S/C24H32ClN3O3/c1-16(2)17-6-3-7-18(14-17)21-20(9-13-27-22(21)25)24(31,10-5-12-28-23(29)30)19-8-4-11-26-15-19/h3,6-7,9,13-14,16,19,26,28,31H,4-5,8,10-12,15H2,1-2H3,(H,29,30)/t19-,24?/m1/s1. The highest BCUT2D eigenvalue weighted by atomic mass is 35.5. The molecule has 2 aromatic rings. The van der Waals surface area contributed by atoms with Crippen LogP contribution in [0.2, 0.25) is 5.15 Å². The molecule has 1 aromatic heterocycles. The molecule has 7 heteroatoms. The first-order valence-corrected chi connectivity index (χ1v) is 11.4. The lowest BCUT2D eigenvalue weighted by Gasteiger charge is -2.40. The van der Waals surface area contributed by atoms with Crippen LogP contribution >= 0.6 is 11.6 Å². The zero-order chi connectivity index (χ0) is 22.4. The van der Waals surface area contributed by atoms with Gasteiger partial charge >= 0.3 is 6.09 Å². The zero-order valence-electron chi connectivity index (χ0n) is 18.2. The first-order valence-electron chi connectivity index (χ1n) is 11.0. The molecule has 0 saturated carbocycles. The minimum absolute atomic E-state index is 0.00317. The molecule has 1 aliphatic rings. The number of hydrogen-bond acceptors (Lipinski definition) is 4. The molecule has 31 heavy (non-hydrogen) atoms. The third-order valence-electron chi connectivity index (χ3n) is 6.20. The number of amides is 1. The highest BCUT2D eigenvalue weighted by molar-refractivity contribution is 6.32. The molecular weight excluding hydrogens is 414 g/mol. The summed E-state index contributed by atoms with van der Waals surface area (Å²) < 4.78 is 0. The molecular formula is C24H32ClN3O3. The van der Waals surface area contributed by atoms with Gasteiger partial charge in [0.05, 0.1) is 5.60 Å². The van der Waals surface area contributed by atoms with E-state index in [0.717, 1.165) is 36.1 Å². The summed E-state index contributed by atoms with van der Waals surface area (Å²) in [5.41, 5.74) is 2.49. The minimum Gasteiger partial charge on any atom is -0.465 e. The molecule has 2 atom stereocenters. The van der Waals surface area contributed by atoms with Crippen molar-refractivity contribution in [2.75, 3.05) is 19.6 Å². The summed E-state index contributed by atoms with van der Waals surface area (Å²) >= 11 is 6.62. The Labute approximate surface area is 189 Å². The predicted molar refractivity (Wildman–Crippen MR) is 124 cm³/mol. The van der Waals surface area contributed by atoms with Crippen molar-refractivity contribution in [3.8, 4) is 11.1 Å². The fourth-order valence-corrected chi connectivity index (χ4v) is 4.76. The number of nitrogens with zero attached hydrogens (tertiary/aromatic N) is 1. The van der Waals surface area contributed by atoms with E-state index in [9.17, 15) is 9.90 Å². The molecule has 0 aliphatic carbocycles. The van der Waals surface area contributed by atoms with Crippen molar-refractivity contribution < 1.29 is 15.0 Å². The van der Waals surface area contributed by atoms with Crippen LogP contribution in [0.1, 0.15) is 56.6 Å². The molecule has 1 aliphatic heterocycles. The molecule has 1 aromatic carbocycles. The first kappa shape index (κ1) is 23.5. The smallest absolute Gasteiger partial charge is 0.404 e. The van der Waals surface area contributed by atoms with E-state index in [4.69, 9.17) is 16.7 Å². The number of carbonyl (C=O) groups is 1. The number of halogens is 1. The number of rotatable bonds is 8. The van der Waals surface area contributed by atoms with E-state index in [1.807, 2.05) is 18.2 Å². The van der Waals surface area contributed by atoms with Gasteiger partial charge in [-0.3, -0.25) is 0 Å². The largest absolute Gasteiger partial charge is 0.465 e. The van der Waals surface area contributed by atoms with Gasteiger partial charge in [0.2, 0.25) is 0 Å². The van der Waals surface area contributed by atoms with Crippen LogP contribution in [0.4, 0.5) is 4.79 Å². The van der Waals surface area contributed by atoms with E-state index in [2.05, 4.69) is 41.6 Å². The van der Waals surface area contributed by atoms with E-state index < -0.39 is 11.7 Å². The summed E-state index contributed by atoms with van der Waals surface area (Å²) in [5, 5.41) is 27.2. The van der Waals surface area contributed by atoms with Gasteiger partial charge in [-0.1, -0.05) is 49.7 Å². The van der Waals surface area contributed by atoms with Gasteiger partial charge in [0.1, 0.15) is 5.15 Å². The summed E-state index contributed by atoms with van der Waals surface area (Å²) in [5.74, 6) is 0.360. The third-order valence-corrected chi connectivity index (χ3v) is 6.48. The maximum Gasteiger partial charge on any atom is 0.404 e. The number of hydrogen-bond donors (Lipinski definition) is 4. The van der Waals surface area contributed by atoms with Crippen LogP contribution in [-0.2, 0) is 5.60 Å². The normalized spacial score (nSPS) is 18.5. The first-order chi connectivity index (χ1) is 14.8. The monoisotopic (exact) mass is 445 g/mol. The van der Waals surface area contributed by atoms with Gasteiger partial charge in [-0.25, -0.2) is 9.78 Å². The predicted octanol–water partition coefficient (Wildman–Crippen LogP) is 4.76. The van der Waals surface area contributed by atoms with Gasteiger partial charge in [0, 0.05) is 30.8 Å². The van der Waals surface area contributed by atoms with Crippen molar-refractivity contribution in [3.63, 3.8) is 0 Å². The second-order valence-electron chi connectivity index (χ2n) is 8.61. The fraction of sp³-hybridized carbons (Fsp3) is 0.500. The Hall–Kier alpha value is -2.15. The minimum atomic E-state index is -1.15. The maximum atomic E-state index is 12.1. The average Bonchev–Trinajstić information content (AvgIpc) is 2.77. The molecule has 0 radical (unpaired) electrons. The molecule has 1 amide bonds. The number of benzene rings is 1. The van der Waals surface area contributed by atoms with Gasteiger partial charge in [0.15, 0.2) is 0 Å². The lowest BCUT2D eigenvalue weighted by Crippen LogP contribution is -2.45. The fourth-order valence-electron chi connectivity index (χ4n) is 4.50. The number of aliphatic hydroxyl groups is 1. The molecule has 168 valence electrons. The second-order valence-corrected chi connectivity index (χ2v) is 8.97. The number of carboxylic acid groups (broad SMARTS) is 1. The van der Waals surface area contributed by atoms with E-state index in [-0.39, 0.29) is 12.5 Å². The van der Waals surface area contributed by atoms with Crippen LogP contribution in [0.3, 0.4) is 0 Å². The Morgan fingerprint density at radius 2 is 2.19 bits per heavy atom. The topological polar surface area (TPSA) is 94.5 Å². The van der Waals surface area contributed by atoms with Gasteiger partial charge in [-0.05, 0) is 60.9 Å². The molecule has 6 nitrogen and oxygen atoms in total. The third kappa shape index (κ3) is 5.56. The lowest BCUT2D eigenvalue weighted by molar-refractivity contribution is -0.0416. The van der Waals surface area contributed by atoms with E-state index in [0.29, 0.717) is 30.5 Å². The SMILES string of the molecule is CC(C)c1cccc(-c2c(C(O)(CCCNC(=O)O)[C@@H]3CCCNC3)ccnc2Cl)c1. The highest BCUT2D eigenvalue weighted by Crippen LogP contribution is 2.44. The highest BCUT2D eigenvalue weighted by Gasteiger charge is 2.40. The van der Waals surface area contributed by atoms with Crippen molar-refractivity contribution in [1.82, 2.24) is 15.6 Å². The van der Waals surface area contributed by atoms with E-state index in [1.54, 1.807) is 6.20 Å². The van der Waals surface area contributed by atoms with Crippen LogP contribution in [0.5, 0.6) is 0 Å². The molecule has 1 unspecified atom stereocenters. The number of pyridine rings is 1. The summed E-state index contributed by atoms with van der Waals surface area (Å²) in [6, 6.07) is 10.1. The van der Waals surface area contributed by atoms with Crippen LogP contribution in [0, 0.1) is 5.92 Å². The van der Waals surface area contributed by atoms with Gasteiger partial charge in [-0.15, -0.1) is 0 Å². The number of piperidine rings is 1. The lowest BCUT2D eigenvalue weighted by atomic mass is 9.73. The van der Waals surface area contributed by atoms with Crippen molar-refractivity contribution >= 4 is 17.7 Å². The molecule has 0 bridgehead atoms. The van der Waals surface area contributed by atoms with Crippen LogP contribution in [0.15, 0.2) is 36.5 Å². The summed E-state index contributed by atoms with van der Waals surface area (Å²) in [6.45, 7) is 6.21. The van der Waals surface area contributed by atoms with Crippen LogP contribution in [-0.4, -0.2) is 40.9 Å². The van der Waals surface area contributed by atoms with Crippen LogP contribution < -0.4 is 10.6 Å². The second kappa shape index (κ2) is 10.4. The average molecular weight is 446 g/mol. The summed E-state index contributed by atoms with van der Waals surface area (Å²) in [6.07, 6.45) is 3.41. The van der Waals surface area contributed by atoms with E-state index in [1.165, 1.54) is 5.56 Å². The maximum absolute atomic E-state index is 12.1. The molecule has 2 heterocycles. The van der Waals surface area contributed by atoms with Gasteiger partial charge in [0.25, 0.3) is 0 Å².